The number of fused-ring (bicyclic) bond motifs is 3. The van der Waals surface area contributed by atoms with Gasteiger partial charge in [0.1, 0.15) is 11.2 Å². The zero-order valence-electron chi connectivity index (χ0n) is 26.6. The molecule has 0 aliphatic rings. The average Bonchev–Trinajstić information content (AvgIpc) is 3.57. The Balaban J connectivity index is 1.16. The smallest absolute Gasteiger partial charge is 0.160 e. The molecule has 9 rings (SSSR count). The summed E-state index contributed by atoms with van der Waals surface area (Å²) in [5.74, 6) is 0.706. The number of hydrogen-bond acceptors (Lipinski definition) is 3. The maximum atomic E-state index is 6.08. The minimum Gasteiger partial charge on any atom is -0.456 e. The van der Waals surface area contributed by atoms with Crippen molar-refractivity contribution in [2.45, 2.75) is 0 Å². The molecule has 0 amide bonds. The van der Waals surface area contributed by atoms with E-state index in [1.807, 2.05) is 48.5 Å². The van der Waals surface area contributed by atoms with Crippen LogP contribution in [0.2, 0.25) is 0 Å². The largest absolute Gasteiger partial charge is 0.456 e. The van der Waals surface area contributed by atoms with Crippen LogP contribution in [0.3, 0.4) is 0 Å². The Bertz CT molecular complexity index is 2510. The molecule has 0 aliphatic carbocycles. The molecule has 0 aliphatic heterocycles. The second-order valence-corrected chi connectivity index (χ2v) is 12.2. The van der Waals surface area contributed by atoms with Crippen LogP contribution >= 0.6 is 0 Å². The van der Waals surface area contributed by atoms with Crippen LogP contribution in [0.5, 0.6) is 0 Å². The van der Waals surface area contributed by atoms with E-state index in [0.717, 1.165) is 72.3 Å². The van der Waals surface area contributed by atoms with Gasteiger partial charge in [-0.1, -0.05) is 152 Å². The van der Waals surface area contributed by atoms with E-state index in [4.69, 9.17) is 14.4 Å². The fourth-order valence-electron chi connectivity index (χ4n) is 6.63. The molecule has 0 radical (unpaired) electrons. The molecule has 2 heterocycles. The standard InChI is InChI=1S/C46H30N2O/c1-4-12-32(13-5-1)38-26-24-37(43-30-42(34-14-6-2-7-15-34)47-46(48-43)35-16-8-3-9-17-35)29-40(38)33-22-20-31(21-23-33)36-25-27-45-41(28-36)39-18-10-11-19-44(39)49-45/h1-30H. The van der Waals surface area contributed by atoms with E-state index >= 15 is 0 Å². The highest BCUT2D eigenvalue weighted by Gasteiger charge is 2.15. The van der Waals surface area contributed by atoms with Crippen molar-refractivity contribution in [2.75, 3.05) is 0 Å². The van der Waals surface area contributed by atoms with Gasteiger partial charge in [0.15, 0.2) is 5.82 Å². The quantitative estimate of drug-likeness (QED) is 0.184. The van der Waals surface area contributed by atoms with Crippen molar-refractivity contribution in [1.82, 2.24) is 9.97 Å². The molecule has 7 aromatic carbocycles. The third-order valence-corrected chi connectivity index (χ3v) is 9.13. The lowest BCUT2D eigenvalue weighted by Crippen LogP contribution is -1.96. The zero-order valence-corrected chi connectivity index (χ0v) is 26.6. The van der Waals surface area contributed by atoms with Crippen molar-refractivity contribution in [2.24, 2.45) is 0 Å². The first-order valence-corrected chi connectivity index (χ1v) is 16.5. The van der Waals surface area contributed by atoms with E-state index in [1.54, 1.807) is 0 Å². The van der Waals surface area contributed by atoms with Crippen molar-refractivity contribution in [3.8, 4) is 67.3 Å². The van der Waals surface area contributed by atoms with Crippen LogP contribution in [-0.4, -0.2) is 9.97 Å². The van der Waals surface area contributed by atoms with E-state index in [-0.39, 0.29) is 0 Å². The molecule has 0 unspecified atom stereocenters. The van der Waals surface area contributed by atoms with Gasteiger partial charge in [0.05, 0.1) is 11.4 Å². The van der Waals surface area contributed by atoms with Gasteiger partial charge in [-0.2, -0.15) is 0 Å². The Morgan fingerprint density at radius 1 is 0.306 bits per heavy atom. The fourth-order valence-corrected chi connectivity index (χ4v) is 6.63. The minimum absolute atomic E-state index is 0.706. The summed E-state index contributed by atoms with van der Waals surface area (Å²) in [5.41, 5.74) is 13.6. The molecule has 0 saturated carbocycles. The van der Waals surface area contributed by atoms with Crippen molar-refractivity contribution >= 4 is 21.9 Å². The number of aromatic nitrogens is 2. The van der Waals surface area contributed by atoms with Crippen LogP contribution in [0.15, 0.2) is 186 Å². The van der Waals surface area contributed by atoms with Gasteiger partial charge in [0, 0.05) is 27.5 Å². The molecule has 0 N–H and O–H groups in total. The highest BCUT2D eigenvalue weighted by atomic mass is 16.3. The van der Waals surface area contributed by atoms with Crippen LogP contribution in [0.1, 0.15) is 0 Å². The summed E-state index contributed by atoms with van der Waals surface area (Å²) in [6.45, 7) is 0. The lowest BCUT2D eigenvalue weighted by atomic mass is 9.91. The van der Waals surface area contributed by atoms with Gasteiger partial charge in [-0.3, -0.25) is 0 Å². The molecule has 0 atom stereocenters. The SMILES string of the molecule is c1ccc(-c2cc(-c3ccc(-c4ccccc4)c(-c4ccc(-c5ccc6oc7ccccc7c6c5)cc4)c3)nc(-c3ccccc3)n2)cc1. The van der Waals surface area contributed by atoms with Gasteiger partial charge in [-0.25, -0.2) is 9.97 Å². The van der Waals surface area contributed by atoms with Crippen LogP contribution in [0, 0.1) is 0 Å². The molecule has 49 heavy (non-hydrogen) atoms. The summed E-state index contributed by atoms with van der Waals surface area (Å²) in [4.78, 5) is 10.1. The lowest BCUT2D eigenvalue weighted by Gasteiger charge is -2.15. The molecule has 9 aromatic rings. The van der Waals surface area contributed by atoms with Crippen molar-refractivity contribution in [3.05, 3.63) is 182 Å². The molecule has 0 saturated heterocycles. The van der Waals surface area contributed by atoms with Crippen LogP contribution < -0.4 is 0 Å². The summed E-state index contributed by atoms with van der Waals surface area (Å²) in [6.07, 6.45) is 0. The number of benzene rings is 7. The van der Waals surface area contributed by atoms with Crippen molar-refractivity contribution in [3.63, 3.8) is 0 Å². The highest BCUT2D eigenvalue weighted by molar-refractivity contribution is 6.06. The number of rotatable bonds is 6. The van der Waals surface area contributed by atoms with Crippen molar-refractivity contribution < 1.29 is 4.42 Å². The second-order valence-electron chi connectivity index (χ2n) is 12.2. The Morgan fingerprint density at radius 2 is 0.837 bits per heavy atom. The second kappa shape index (κ2) is 12.2. The van der Waals surface area contributed by atoms with Gasteiger partial charge in [0.25, 0.3) is 0 Å². The van der Waals surface area contributed by atoms with Crippen LogP contribution in [-0.2, 0) is 0 Å². The van der Waals surface area contributed by atoms with Crippen LogP contribution in [0.4, 0.5) is 0 Å². The van der Waals surface area contributed by atoms with E-state index in [2.05, 4.69) is 133 Å². The van der Waals surface area contributed by atoms with E-state index in [1.165, 1.54) is 11.1 Å². The van der Waals surface area contributed by atoms with E-state index in [9.17, 15) is 0 Å². The summed E-state index contributed by atoms with van der Waals surface area (Å²) >= 11 is 0. The van der Waals surface area contributed by atoms with Gasteiger partial charge in [0.2, 0.25) is 0 Å². The molecule has 3 heteroatoms. The summed E-state index contributed by atoms with van der Waals surface area (Å²) in [6, 6.07) is 63.4. The third kappa shape index (κ3) is 5.48. The van der Waals surface area contributed by atoms with E-state index in [0.29, 0.717) is 5.82 Å². The third-order valence-electron chi connectivity index (χ3n) is 9.13. The Labute approximate surface area is 284 Å². The molecule has 3 nitrogen and oxygen atoms in total. The van der Waals surface area contributed by atoms with Gasteiger partial charge in [-0.15, -0.1) is 0 Å². The normalized spacial score (nSPS) is 11.3. The monoisotopic (exact) mass is 626 g/mol. The first-order valence-electron chi connectivity index (χ1n) is 16.5. The number of para-hydroxylation sites is 1. The molecule has 0 spiro atoms. The molecule has 0 bridgehead atoms. The lowest BCUT2D eigenvalue weighted by molar-refractivity contribution is 0.669. The first-order chi connectivity index (χ1) is 24.3. The molecule has 0 fully saturated rings. The Morgan fingerprint density at radius 3 is 1.57 bits per heavy atom. The number of furan rings is 1. The Kier molecular flexibility index (Phi) is 7.14. The van der Waals surface area contributed by atoms with Gasteiger partial charge < -0.3 is 4.42 Å². The number of nitrogens with zero attached hydrogens (tertiary/aromatic N) is 2. The zero-order chi connectivity index (χ0) is 32.6. The molecule has 2 aromatic heterocycles. The maximum Gasteiger partial charge on any atom is 0.160 e. The first kappa shape index (κ1) is 28.6. The summed E-state index contributed by atoms with van der Waals surface area (Å²) < 4.78 is 6.08. The predicted molar refractivity (Wildman–Crippen MR) is 202 cm³/mol. The number of hydrogen-bond donors (Lipinski definition) is 0. The maximum absolute atomic E-state index is 6.08. The van der Waals surface area contributed by atoms with E-state index < -0.39 is 0 Å². The highest BCUT2D eigenvalue weighted by Crippen LogP contribution is 2.38. The Hall–Kier alpha value is -6.58. The topological polar surface area (TPSA) is 38.9 Å². The summed E-state index contributed by atoms with van der Waals surface area (Å²) in [7, 11) is 0. The molecular weight excluding hydrogens is 597 g/mol. The average molecular weight is 627 g/mol. The van der Waals surface area contributed by atoms with Crippen LogP contribution in [0.25, 0.3) is 89.2 Å². The van der Waals surface area contributed by atoms with Gasteiger partial charge >= 0.3 is 0 Å². The predicted octanol–water partition coefficient (Wildman–Crippen LogP) is 12.4. The fraction of sp³-hybridized carbons (Fsp3) is 0. The van der Waals surface area contributed by atoms with Crippen molar-refractivity contribution in [1.29, 1.82) is 0 Å². The minimum atomic E-state index is 0.706. The molecular formula is C46H30N2O. The van der Waals surface area contributed by atoms with Gasteiger partial charge in [-0.05, 0) is 63.7 Å². The molecule has 230 valence electrons. The summed E-state index contributed by atoms with van der Waals surface area (Å²) in [5, 5.41) is 2.27.